The van der Waals surface area contributed by atoms with Crippen molar-refractivity contribution in [2.24, 2.45) is 5.92 Å². The van der Waals surface area contributed by atoms with Crippen LogP contribution < -0.4 is 0 Å². The normalized spacial score (nSPS) is 12.3. The van der Waals surface area contributed by atoms with E-state index in [9.17, 15) is 14.4 Å². The van der Waals surface area contributed by atoms with E-state index in [0.717, 1.165) is 63.7 Å². The molecule has 0 aliphatic carbocycles. The molecule has 0 bridgehead atoms. The highest BCUT2D eigenvalue weighted by Gasteiger charge is 2.19. The maximum absolute atomic E-state index is 12.9. The van der Waals surface area contributed by atoms with Crippen LogP contribution in [0.3, 0.4) is 0 Å². The highest BCUT2D eigenvalue weighted by atomic mass is 16.6. The van der Waals surface area contributed by atoms with Crippen molar-refractivity contribution in [3.63, 3.8) is 0 Å². The van der Waals surface area contributed by atoms with Gasteiger partial charge in [-0.25, -0.2) is 0 Å². The molecule has 0 aromatic heterocycles. The van der Waals surface area contributed by atoms with Crippen LogP contribution >= 0.6 is 0 Å². The van der Waals surface area contributed by atoms with E-state index >= 15 is 0 Å². The molecule has 0 radical (unpaired) electrons. The summed E-state index contributed by atoms with van der Waals surface area (Å²) in [4.78, 5) is 38.3. The van der Waals surface area contributed by atoms with Gasteiger partial charge in [-0.3, -0.25) is 14.4 Å². The van der Waals surface area contributed by atoms with Crippen LogP contribution in [-0.4, -0.2) is 37.2 Å². The van der Waals surface area contributed by atoms with Gasteiger partial charge in [-0.2, -0.15) is 0 Å². The van der Waals surface area contributed by atoms with Gasteiger partial charge < -0.3 is 14.2 Å². The number of rotatable bonds is 60. The lowest BCUT2D eigenvalue weighted by atomic mass is 9.99. The molecular weight excluding hydrogens is 877 g/mol. The topological polar surface area (TPSA) is 78.9 Å². The Morgan fingerprint density at radius 1 is 0.282 bits per heavy atom. The Kier molecular flexibility index (Phi) is 58.0. The Bertz CT molecular complexity index is 1080. The van der Waals surface area contributed by atoms with Gasteiger partial charge in [-0.05, 0) is 25.2 Å². The Labute approximate surface area is 444 Å². The third kappa shape index (κ3) is 57.5. The van der Waals surface area contributed by atoms with E-state index in [1.165, 1.54) is 270 Å². The summed E-state index contributed by atoms with van der Waals surface area (Å²) in [6.07, 6.45) is 66.7. The van der Waals surface area contributed by atoms with Crippen LogP contribution in [0.15, 0.2) is 0 Å². The summed E-state index contributed by atoms with van der Waals surface area (Å²) in [6, 6.07) is 0. The van der Waals surface area contributed by atoms with Crippen LogP contribution in [0.25, 0.3) is 0 Å². The lowest BCUT2D eigenvalue weighted by Gasteiger charge is -2.18. The van der Waals surface area contributed by atoms with Gasteiger partial charge in [-0.15, -0.1) is 0 Å². The molecule has 0 saturated carbocycles. The van der Waals surface area contributed by atoms with Crippen LogP contribution in [-0.2, 0) is 28.6 Å². The first-order valence-corrected chi connectivity index (χ1v) is 32.4. The van der Waals surface area contributed by atoms with Gasteiger partial charge >= 0.3 is 17.9 Å². The maximum Gasteiger partial charge on any atom is 0.306 e. The van der Waals surface area contributed by atoms with E-state index < -0.39 is 6.10 Å². The first-order chi connectivity index (χ1) is 34.9. The Hall–Kier alpha value is -1.59. The minimum absolute atomic E-state index is 0.0611. The number of hydrogen-bond donors (Lipinski definition) is 0. The molecule has 2 atom stereocenters. The zero-order valence-electron chi connectivity index (χ0n) is 48.7. The van der Waals surface area contributed by atoms with Gasteiger partial charge in [0.25, 0.3) is 0 Å². The van der Waals surface area contributed by atoms with Gasteiger partial charge in [-0.1, -0.05) is 336 Å². The molecule has 0 aromatic carbocycles. The van der Waals surface area contributed by atoms with Crippen LogP contribution in [0.5, 0.6) is 0 Å². The smallest absolute Gasteiger partial charge is 0.306 e. The molecule has 0 spiro atoms. The molecule has 0 fully saturated rings. The summed E-state index contributed by atoms with van der Waals surface area (Å²) in [5.74, 6) is 0.0679. The molecule has 0 amide bonds. The highest BCUT2D eigenvalue weighted by molar-refractivity contribution is 5.71. The molecule has 0 aromatic rings. The van der Waals surface area contributed by atoms with Crippen molar-refractivity contribution in [3.8, 4) is 0 Å². The summed E-state index contributed by atoms with van der Waals surface area (Å²) in [7, 11) is 0. The summed E-state index contributed by atoms with van der Waals surface area (Å²) in [6.45, 7) is 9.13. The zero-order valence-corrected chi connectivity index (χ0v) is 48.7. The summed E-state index contributed by atoms with van der Waals surface area (Å²) in [5, 5.41) is 0. The molecule has 6 heteroatoms. The van der Waals surface area contributed by atoms with Crippen molar-refractivity contribution in [2.45, 2.75) is 381 Å². The molecule has 0 aliphatic heterocycles. The third-order valence-corrected chi connectivity index (χ3v) is 15.4. The number of unbranched alkanes of at least 4 members (excludes halogenated alkanes) is 46. The molecule has 1 unspecified atom stereocenters. The van der Waals surface area contributed by atoms with Crippen LogP contribution in [0, 0.1) is 5.92 Å². The quantitative estimate of drug-likeness (QED) is 0.0343. The molecule has 0 heterocycles. The maximum atomic E-state index is 12.9. The molecule has 71 heavy (non-hydrogen) atoms. The third-order valence-electron chi connectivity index (χ3n) is 15.4. The van der Waals surface area contributed by atoms with Gasteiger partial charge in [0.2, 0.25) is 0 Å². The second-order valence-corrected chi connectivity index (χ2v) is 22.6. The summed E-state index contributed by atoms with van der Waals surface area (Å²) in [5.41, 5.74) is 0. The largest absolute Gasteiger partial charge is 0.462 e. The van der Waals surface area contributed by atoms with E-state index in [1.807, 2.05) is 0 Å². The van der Waals surface area contributed by atoms with Crippen molar-refractivity contribution in [3.05, 3.63) is 0 Å². The minimum atomic E-state index is -0.763. The molecule has 0 aliphatic rings. The number of hydrogen-bond acceptors (Lipinski definition) is 6. The zero-order chi connectivity index (χ0) is 51.6. The molecule has 422 valence electrons. The number of ether oxygens (including phenoxy) is 3. The predicted molar refractivity (Wildman–Crippen MR) is 307 cm³/mol. The second-order valence-electron chi connectivity index (χ2n) is 22.6. The van der Waals surface area contributed by atoms with Crippen LogP contribution in [0.1, 0.15) is 374 Å². The monoisotopic (exact) mass is 1000 g/mol. The van der Waals surface area contributed by atoms with Gasteiger partial charge in [0, 0.05) is 19.3 Å². The Morgan fingerprint density at radius 3 is 0.732 bits per heavy atom. The van der Waals surface area contributed by atoms with Crippen molar-refractivity contribution < 1.29 is 28.6 Å². The lowest BCUT2D eigenvalue weighted by Crippen LogP contribution is -2.30. The first-order valence-electron chi connectivity index (χ1n) is 32.4. The highest BCUT2D eigenvalue weighted by Crippen LogP contribution is 2.19. The van der Waals surface area contributed by atoms with Gasteiger partial charge in [0.05, 0.1) is 0 Å². The van der Waals surface area contributed by atoms with Crippen molar-refractivity contribution in [1.82, 2.24) is 0 Å². The van der Waals surface area contributed by atoms with Gasteiger partial charge in [0.15, 0.2) is 6.10 Å². The van der Waals surface area contributed by atoms with E-state index in [0.29, 0.717) is 19.3 Å². The standard InChI is InChI=1S/C65H126O6/c1-5-8-10-12-14-16-18-20-22-24-25-26-28-33-37-41-45-49-53-57-64(67)70-60-62(59-69-63(66)56-52-48-44-40-36-32-27-23-21-19-17-15-13-11-9-6-2)71-65(68)58-54-50-46-42-38-34-30-29-31-35-39-43-47-51-55-61(4)7-3/h61-62H,5-60H2,1-4H3/t61?,62-/m1/s1. The lowest BCUT2D eigenvalue weighted by molar-refractivity contribution is -0.167. The summed E-state index contributed by atoms with van der Waals surface area (Å²) >= 11 is 0. The predicted octanol–water partition coefficient (Wildman–Crippen LogP) is 21.7. The van der Waals surface area contributed by atoms with Crippen LogP contribution in [0.4, 0.5) is 0 Å². The fourth-order valence-electron chi connectivity index (χ4n) is 10.1. The fourth-order valence-corrected chi connectivity index (χ4v) is 10.1. The molecule has 0 rings (SSSR count). The van der Waals surface area contributed by atoms with E-state index in [2.05, 4.69) is 27.7 Å². The Balaban J connectivity index is 4.28. The molecule has 0 saturated heterocycles. The first kappa shape index (κ1) is 69.4. The minimum Gasteiger partial charge on any atom is -0.462 e. The van der Waals surface area contributed by atoms with Crippen molar-refractivity contribution >= 4 is 17.9 Å². The van der Waals surface area contributed by atoms with E-state index in [4.69, 9.17) is 14.2 Å². The fraction of sp³-hybridized carbons (Fsp3) is 0.954. The van der Waals surface area contributed by atoms with Gasteiger partial charge in [0.1, 0.15) is 13.2 Å². The number of esters is 3. The van der Waals surface area contributed by atoms with Crippen LogP contribution in [0.2, 0.25) is 0 Å². The summed E-state index contributed by atoms with van der Waals surface area (Å²) < 4.78 is 17.0. The molecular formula is C65H126O6. The average molecular weight is 1000 g/mol. The van der Waals surface area contributed by atoms with E-state index in [-0.39, 0.29) is 31.1 Å². The Morgan fingerprint density at radius 2 is 0.493 bits per heavy atom. The van der Waals surface area contributed by atoms with E-state index in [1.54, 1.807) is 0 Å². The second kappa shape index (κ2) is 59.3. The van der Waals surface area contributed by atoms with Crippen molar-refractivity contribution in [1.29, 1.82) is 0 Å². The average Bonchev–Trinajstić information content (AvgIpc) is 3.37. The number of carbonyl (C=O) groups excluding carboxylic acids is 3. The molecule has 6 nitrogen and oxygen atoms in total. The number of carbonyl (C=O) groups is 3. The molecule has 0 N–H and O–H groups in total. The SMILES string of the molecule is CCCCCCCCCCCCCCCCCCCCCC(=O)OC[C@@H](COC(=O)CCCCCCCCCCCCCCCCCC)OC(=O)CCCCCCCCCCCCCCCCC(C)CC. The van der Waals surface area contributed by atoms with Crippen molar-refractivity contribution in [2.75, 3.05) is 13.2 Å².